The second kappa shape index (κ2) is 8.91. The Kier molecular flexibility index (Phi) is 6.89. The van der Waals surface area contributed by atoms with Gasteiger partial charge in [-0.3, -0.25) is 0 Å². The van der Waals surface area contributed by atoms with E-state index in [1.165, 1.54) is 16.7 Å². The van der Waals surface area contributed by atoms with Gasteiger partial charge in [0.05, 0.1) is 0 Å². The fourth-order valence-corrected chi connectivity index (χ4v) is 3.20. The van der Waals surface area contributed by atoms with Crippen LogP contribution in [0.15, 0.2) is 47.1 Å². The first-order valence-corrected chi connectivity index (χ1v) is 8.96. The molecule has 2 N–H and O–H groups in total. The van der Waals surface area contributed by atoms with Crippen molar-refractivity contribution >= 4 is 0 Å². The Morgan fingerprint density at radius 1 is 0.880 bits per heavy atom. The molecule has 136 valence electrons. The number of aromatic hydroxyl groups is 2. The third-order valence-electron chi connectivity index (χ3n) is 4.76. The van der Waals surface area contributed by atoms with Crippen molar-refractivity contribution in [3.8, 4) is 11.5 Å². The Morgan fingerprint density at radius 3 is 2.20 bits per heavy atom. The number of benzene rings is 1. The van der Waals surface area contributed by atoms with E-state index < -0.39 is 0 Å². The van der Waals surface area contributed by atoms with Crippen molar-refractivity contribution in [3.05, 3.63) is 58.2 Å². The van der Waals surface area contributed by atoms with Crippen molar-refractivity contribution in [3.63, 3.8) is 0 Å². The Labute approximate surface area is 151 Å². The molecule has 1 aromatic carbocycles. The first-order valence-electron chi connectivity index (χ1n) is 8.96. The molecular weight excluding hydrogens is 312 g/mol. The molecule has 1 aromatic rings. The summed E-state index contributed by atoms with van der Waals surface area (Å²) in [5, 5.41) is 20.8. The minimum Gasteiger partial charge on any atom is -0.508 e. The van der Waals surface area contributed by atoms with Gasteiger partial charge in [0.15, 0.2) is 0 Å². The molecule has 3 heteroatoms. The van der Waals surface area contributed by atoms with E-state index >= 15 is 0 Å². The largest absolute Gasteiger partial charge is 0.508 e. The summed E-state index contributed by atoms with van der Waals surface area (Å²) in [5.74, 6) is 0.371. The summed E-state index contributed by atoms with van der Waals surface area (Å²) in [6.07, 6.45) is 10.8. The number of fused-ring (bicyclic) bond motifs is 10. The Hall–Kier alpha value is -2.00. The fourth-order valence-electron chi connectivity index (χ4n) is 3.20. The molecular formula is C22H30O3. The lowest BCUT2D eigenvalue weighted by Crippen LogP contribution is -2.01. The molecule has 0 saturated heterocycles. The van der Waals surface area contributed by atoms with E-state index in [1.807, 2.05) is 6.08 Å². The molecule has 3 nitrogen and oxygen atoms in total. The number of hydrogen-bond donors (Lipinski definition) is 2. The molecule has 3 rings (SSSR count). The molecule has 0 heterocycles. The molecule has 0 radical (unpaired) electrons. The van der Waals surface area contributed by atoms with Crippen LogP contribution >= 0.6 is 0 Å². The monoisotopic (exact) mass is 342 g/mol. The van der Waals surface area contributed by atoms with Gasteiger partial charge in [-0.05, 0) is 65.0 Å². The van der Waals surface area contributed by atoms with Crippen molar-refractivity contribution in [2.24, 2.45) is 0 Å². The number of rotatable bonds is 1. The maximum absolute atomic E-state index is 10.4. The van der Waals surface area contributed by atoms with Crippen molar-refractivity contribution in [1.82, 2.24) is 0 Å². The molecule has 2 aliphatic carbocycles. The van der Waals surface area contributed by atoms with Crippen LogP contribution in [0.25, 0.3) is 0 Å². The lowest BCUT2D eigenvalue weighted by molar-refractivity contribution is 0.139. The molecule has 0 saturated carbocycles. The number of phenolic OH excluding ortho intramolecular Hbond substituents is 2. The van der Waals surface area contributed by atoms with Gasteiger partial charge >= 0.3 is 0 Å². The summed E-state index contributed by atoms with van der Waals surface area (Å²) in [5.41, 5.74) is 5.16. The SMILES string of the molecule is CO[C@@H]1C=C(C)CCC=C(C)CCC=C(C)Cc2cc(O)c1cc2O. The summed E-state index contributed by atoms with van der Waals surface area (Å²) in [7, 11) is 1.62. The molecule has 2 aliphatic rings. The van der Waals surface area contributed by atoms with Gasteiger partial charge in [0.25, 0.3) is 0 Å². The van der Waals surface area contributed by atoms with Gasteiger partial charge in [-0.25, -0.2) is 0 Å². The van der Waals surface area contributed by atoms with Gasteiger partial charge in [0, 0.05) is 18.2 Å². The second-order valence-electron chi connectivity index (χ2n) is 7.06. The van der Waals surface area contributed by atoms with Gasteiger partial charge in [-0.1, -0.05) is 34.9 Å². The molecule has 0 spiro atoms. The normalized spacial score (nSPS) is 20.0. The van der Waals surface area contributed by atoms with Crippen molar-refractivity contribution in [2.45, 2.75) is 59.0 Å². The van der Waals surface area contributed by atoms with Gasteiger partial charge in [0.1, 0.15) is 17.6 Å². The van der Waals surface area contributed by atoms with Crippen LogP contribution < -0.4 is 0 Å². The molecule has 1 atom stereocenters. The number of methoxy groups -OCH3 is 1. The van der Waals surface area contributed by atoms with Crippen LogP contribution in [-0.4, -0.2) is 17.3 Å². The van der Waals surface area contributed by atoms with E-state index in [0.29, 0.717) is 12.0 Å². The average Bonchev–Trinajstić information content (AvgIpc) is 2.55. The molecule has 2 bridgehead atoms. The Bertz CT molecular complexity index is 695. The summed E-state index contributed by atoms with van der Waals surface area (Å²) in [6, 6.07) is 3.29. The zero-order valence-electron chi connectivity index (χ0n) is 15.8. The third-order valence-corrected chi connectivity index (χ3v) is 4.76. The standard InChI is InChI=1S/C22H30O3/c1-15-7-5-9-16(2)11-18-13-21(24)19(14-20(18)23)22(25-4)12-17(3)10-6-8-15/h8-9,12-14,22-24H,5-7,10-11H2,1-4H3/t22-/m1/s1. The number of hydrogen-bond acceptors (Lipinski definition) is 3. The minimum absolute atomic E-state index is 0.166. The number of ether oxygens (including phenoxy) is 1. The Morgan fingerprint density at radius 2 is 1.52 bits per heavy atom. The van der Waals surface area contributed by atoms with E-state index in [4.69, 9.17) is 4.74 Å². The summed E-state index contributed by atoms with van der Waals surface area (Å²) in [6.45, 7) is 6.33. The van der Waals surface area contributed by atoms with E-state index in [0.717, 1.165) is 31.2 Å². The van der Waals surface area contributed by atoms with Crippen LogP contribution in [0.4, 0.5) is 0 Å². The van der Waals surface area contributed by atoms with Crippen LogP contribution in [0.2, 0.25) is 0 Å². The molecule has 0 aliphatic heterocycles. The quantitative estimate of drug-likeness (QED) is 0.505. The molecule has 25 heavy (non-hydrogen) atoms. The number of allylic oxidation sites excluding steroid dienone is 5. The highest BCUT2D eigenvalue weighted by Crippen LogP contribution is 2.35. The summed E-state index contributed by atoms with van der Waals surface area (Å²) >= 11 is 0. The maximum atomic E-state index is 10.4. The van der Waals surface area contributed by atoms with Gasteiger partial charge in [0.2, 0.25) is 0 Å². The van der Waals surface area contributed by atoms with E-state index in [-0.39, 0.29) is 17.6 Å². The molecule has 0 unspecified atom stereocenters. The van der Waals surface area contributed by atoms with Crippen LogP contribution in [-0.2, 0) is 11.2 Å². The van der Waals surface area contributed by atoms with Crippen LogP contribution in [0.1, 0.15) is 63.7 Å². The Balaban J connectivity index is 2.44. The molecule has 0 aromatic heterocycles. The topological polar surface area (TPSA) is 49.7 Å². The smallest absolute Gasteiger partial charge is 0.122 e. The van der Waals surface area contributed by atoms with E-state index in [9.17, 15) is 10.2 Å². The van der Waals surface area contributed by atoms with Crippen LogP contribution in [0, 0.1) is 0 Å². The van der Waals surface area contributed by atoms with Crippen molar-refractivity contribution < 1.29 is 14.9 Å². The van der Waals surface area contributed by atoms with E-state index in [2.05, 4.69) is 32.9 Å². The average molecular weight is 342 g/mol. The maximum Gasteiger partial charge on any atom is 0.122 e. The highest BCUT2D eigenvalue weighted by Gasteiger charge is 2.16. The zero-order chi connectivity index (χ0) is 18.4. The minimum atomic E-state index is -0.366. The van der Waals surface area contributed by atoms with Crippen LogP contribution in [0.5, 0.6) is 11.5 Å². The summed E-state index contributed by atoms with van der Waals surface area (Å²) < 4.78 is 5.55. The zero-order valence-corrected chi connectivity index (χ0v) is 15.8. The van der Waals surface area contributed by atoms with E-state index in [1.54, 1.807) is 19.2 Å². The van der Waals surface area contributed by atoms with Crippen molar-refractivity contribution in [2.75, 3.05) is 7.11 Å². The lowest BCUT2D eigenvalue weighted by atomic mass is 9.97. The predicted octanol–water partition coefficient (Wildman–Crippen LogP) is 5.74. The predicted molar refractivity (Wildman–Crippen MR) is 103 cm³/mol. The van der Waals surface area contributed by atoms with Crippen LogP contribution in [0.3, 0.4) is 0 Å². The van der Waals surface area contributed by atoms with Gasteiger partial charge in [-0.2, -0.15) is 0 Å². The lowest BCUT2D eigenvalue weighted by Gasteiger charge is -2.17. The highest BCUT2D eigenvalue weighted by atomic mass is 16.5. The molecule has 0 amide bonds. The highest BCUT2D eigenvalue weighted by molar-refractivity contribution is 5.48. The van der Waals surface area contributed by atoms with Crippen molar-refractivity contribution in [1.29, 1.82) is 0 Å². The second-order valence-corrected chi connectivity index (χ2v) is 7.06. The summed E-state index contributed by atoms with van der Waals surface area (Å²) in [4.78, 5) is 0. The molecule has 0 fully saturated rings. The first-order chi connectivity index (χ1) is 11.9. The first kappa shape index (κ1) is 19.3. The van der Waals surface area contributed by atoms with Gasteiger partial charge in [-0.15, -0.1) is 0 Å². The number of phenols is 2. The van der Waals surface area contributed by atoms with Gasteiger partial charge < -0.3 is 14.9 Å². The fraction of sp³-hybridized carbons (Fsp3) is 0.455. The third kappa shape index (κ3) is 5.50.